The molecule has 1 rings (SSSR count). The van der Waals surface area contributed by atoms with Crippen molar-refractivity contribution in [2.24, 2.45) is 0 Å². The Labute approximate surface area is 92.7 Å². The molecule has 1 aromatic carbocycles. The number of phenolic OH excluding ortho intramolecular Hbond substituents is 1. The van der Waals surface area contributed by atoms with Gasteiger partial charge >= 0.3 is 0 Å². The smallest absolute Gasteiger partial charge is 0.00637 e. The van der Waals surface area contributed by atoms with Crippen molar-refractivity contribution in [3.63, 3.8) is 0 Å². The minimum absolute atomic E-state index is 0. The number of rotatable bonds is 2. The van der Waals surface area contributed by atoms with Crippen molar-refractivity contribution >= 4 is 0 Å². The molecule has 0 aliphatic rings. The Morgan fingerprint density at radius 2 is 2.27 bits per heavy atom. The van der Waals surface area contributed by atoms with Crippen molar-refractivity contribution in [1.29, 1.82) is 0 Å². The Hall–Kier alpha value is 0.124. The Morgan fingerprint density at radius 3 is 2.82 bits per heavy atom. The van der Waals surface area contributed by atoms with Crippen molar-refractivity contribution in [3.8, 4) is 5.75 Å². The number of phenols is 1. The van der Waals surface area contributed by atoms with E-state index in [1.807, 2.05) is 6.07 Å². The second-order valence-corrected chi connectivity index (χ2v) is 2.28. The number of aryl methyl sites for hydroxylation is 1. The fourth-order valence-electron chi connectivity index (χ4n) is 0.913. The molecule has 11 heavy (non-hydrogen) atoms. The molecule has 0 amide bonds. The van der Waals surface area contributed by atoms with Crippen LogP contribution >= 0.6 is 0 Å². The molecular formula is C9H11OY-. The van der Waals surface area contributed by atoms with Crippen molar-refractivity contribution in [1.82, 2.24) is 0 Å². The Bertz CT molecular complexity index is 210. The normalized spacial score (nSPS) is 8.82. The molecular weight excluding hydrogens is 213 g/mol. The first-order valence-electron chi connectivity index (χ1n) is 3.53. The summed E-state index contributed by atoms with van der Waals surface area (Å²) >= 11 is 0. The van der Waals surface area contributed by atoms with Gasteiger partial charge in [-0.3, -0.25) is 0 Å². The molecule has 0 aliphatic heterocycles. The minimum atomic E-state index is 0. The van der Waals surface area contributed by atoms with Crippen LogP contribution in [0.1, 0.15) is 18.9 Å². The Kier molecular flexibility index (Phi) is 5.80. The molecule has 0 unspecified atom stereocenters. The maximum atomic E-state index is 9.21. The van der Waals surface area contributed by atoms with Crippen LogP contribution in [-0.4, -0.2) is 5.11 Å². The van der Waals surface area contributed by atoms with Crippen molar-refractivity contribution in [3.05, 3.63) is 29.8 Å². The van der Waals surface area contributed by atoms with E-state index >= 15 is 0 Å². The monoisotopic (exact) mass is 224 g/mol. The largest absolute Gasteiger partial charge is 0.565 e. The van der Waals surface area contributed by atoms with Crippen LogP contribution in [0.2, 0.25) is 0 Å². The Balaban J connectivity index is 0.000001000. The van der Waals surface area contributed by atoms with E-state index in [0.717, 1.165) is 18.4 Å². The van der Waals surface area contributed by atoms with Crippen molar-refractivity contribution in [2.45, 2.75) is 19.8 Å². The molecule has 57 valence electrons. The standard InChI is InChI=1S/C9H11O.Y/c1-2-5-8-6-3-4-7-9(8)10;/h3-4,7,10H,2,5H2,1H3;/q-1;. The van der Waals surface area contributed by atoms with E-state index in [4.69, 9.17) is 0 Å². The zero-order valence-corrected chi connectivity index (χ0v) is 9.51. The van der Waals surface area contributed by atoms with Crippen molar-refractivity contribution in [2.75, 3.05) is 0 Å². The summed E-state index contributed by atoms with van der Waals surface area (Å²) < 4.78 is 0. The van der Waals surface area contributed by atoms with Gasteiger partial charge in [0.2, 0.25) is 0 Å². The molecule has 0 bridgehead atoms. The molecule has 1 nitrogen and oxygen atoms in total. The summed E-state index contributed by atoms with van der Waals surface area (Å²) in [6.07, 6.45) is 1.96. The number of hydrogen-bond acceptors (Lipinski definition) is 1. The molecule has 2 heteroatoms. The predicted octanol–water partition coefficient (Wildman–Crippen LogP) is 2.14. The summed E-state index contributed by atoms with van der Waals surface area (Å²) in [4.78, 5) is 0. The predicted molar refractivity (Wildman–Crippen MR) is 40.9 cm³/mol. The third-order valence-corrected chi connectivity index (χ3v) is 1.42. The maximum Gasteiger partial charge on any atom is 0.00637 e. The maximum absolute atomic E-state index is 9.21. The quantitative estimate of drug-likeness (QED) is 0.763. The fraction of sp³-hybridized carbons (Fsp3) is 0.333. The zero-order valence-electron chi connectivity index (χ0n) is 6.67. The fourth-order valence-corrected chi connectivity index (χ4v) is 0.913. The molecule has 0 aliphatic carbocycles. The zero-order chi connectivity index (χ0) is 7.40. The number of aromatic hydroxyl groups is 1. The Morgan fingerprint density at radius 1 is 1.55 bits per heavy atom. The van der Waals surface area contributed by atoms with Gasteiger partial charge in [0.15, 0.2) is 0 Å². The summed E-state index contributed by atoms with van der Waals surface area (Å²) in [5.41, 5.74) is 0.921. The van der Waals surface area contributed by atoms with Crippen LogP contribution in [0.4, 0.5) is 0 Å². The first-order chi connectivity index (χ1) is 4.84. The molecule has 0 heterocycles. The number of benzene rings is 1. The van der Waals surface area contributed by atoms with Crippen LogP contribution in [0, 0.1) is 6.07 Å². The van der Waals surface area contributed by atoms with Crippen LogP contribution < -0.4 is 0 Å². The van der Waals surface area contributed by atoms with Gasteiger partial charge in [0.1, 0.15) is 0 Å². The summed E-state index contributed by atoms with van der Waals surface area (Å²) in [6, 6.07) is 8.29. The summed E-state index contributed by atoms with van der Waals surface area (Å²) in [6.45, 7) is 2.08. The van der Waals surface area contributed by atoms with Gasteiger partial charge in [-0.15, -0.1) is 11.6 Å². The average molecular weight is 224 g/mol. The van der Waals surface area contributed by atoms with Crippen LogP contribution in [0.3, 0.4) is 0 Å². The van der Waals surface area contributed by atoms with Gasteiger partial charge < -0.3 is 5.11 Å². The van der Waals surface area contributed by atoms with Gasteiger partial charge in [-0.05, 0) is 6.42 Å². The van der Waals surface area contributed by atoms with E-state index in [1.54, 1.807) is 12.1 Å². The first-order valence-corrected chi connectivity index (χ1v) is 3.53. The van der Waals surface area contributed by atoms with Gasteiger partial charge in [0.25, 0.3) is 0 Å². The van der Waals surface area contributed by atoms with Gasteiger partial charge in [-0.2, -0.15) is 18.2 Å². The van der Waals surface area contributed by atoms with E-state index in [1.165, 1.54) is 0 Å². The van der Waals surface area contributed by atoms with Crippen molar-refractivity contribution < 1.29 is 37.8 Å². The number of hydrogen-bond donors (Lipinski definition) is 1. The molecule has 0 fully saturated rings. The van der Waals surface area contributed by atoms with E-state index in [-0.39, 0.29) is 32.7 Å². The summed E-state index contributed by atoms with van der Waals surface area (Å²) in [5, 5.41) is 9.21. The molecule has 0 aromatic heterocycles. The molecule has 0 atom stereocenters. The first kappa shape index (κ1) is 11.1. The SMILES string of the molecule is CCCc1[c-]cccc1O.[Y]. The molecule has 1 aromatic rings. The molecule has 0 saturated heterocycles. The van der Waals surface area contributed by atoms with E-state index in [0.29, 0.717) is 5.75 Å². The summed E-state index contributed by atoms with van der Waals surface area (Å²) in [7, 11) is 0. The average Bonchev–Trinajstić information content (AvgIpc) is 1.94. The minimum Gasteiger partial charge on any atom is -0.565 e. The third-order valence-electron chi connectivity index (χ3n) is 1.42. The molecule has 1 radical (unpaired) electrons. The van der Waals surface area contributed by atoms with E-state index in [9.17, 15) is 5.11 Å². The van der Waals surface area contributed by atoms with E-state index < -0.39 is 0 Å². The van der Waals surface area contributed by atoms with Gasteiger partial charge in [0.05, 0.1) is 0 Å². The van der Waals surface area contributed by atoms with Gasteiger partial charge in [-0.1, -0.05) is 13.3 Å². The van der Waals surface area contributed by atoms with Gasteiger partial charge in [0, 0.05) is 38.5 Å². The molecule has 1 N–H and O–H groups in total. The molecule has 0 spiro atoms. The molecule has 0 saturated carbocycles. The third kappa shape index (κ3) is 3.35. The summed E-state index contributed by atoms with van der Waals surface area (Å²) in [5.74, 6) is 0.365. The second kappa shape index (κ2) is 5.73. The topological polar surface area (TPSA) is 20.2 Å². The van der Waals surface area contributed by atoms with Gasteiger partial charge in [-0.25, -0.2) is 0 Å². The van der Waals surface area contributed by atoms with Crippen LogP contribution in [-0.2, 0) is 39.1 Å². The van der Waals surface area contributed by atoms with Crippen LogP contribution in [0.25, 0.3) is 0 Å². The van der Waals surface area contributed by atoms with Crippen LogP contribution in [0.15, 0.2) is 18.2 Å². The van der Waals surface area contributed by atoms with Crippen LogP contribution in [0.5, 0.6) is 5.75 Å². The second-order valence-electron chi connectivity index (χ2n) is 2.28. The van der Waals surface area contributed by atoms with E-state index in [2.05, 4.69) is 13.0 Å².